The first-order chi connectivity index (χ1) is 14.8. The van der Waals surface area contributed by atoms with Crippen LogP contribution in [0.4, 0.5) is 5.69 Å². The molecule has 0 aliphatic carbocycles. The van der Waals surface area contributed by atoms with Crippen LogP contribution >= 0.6 is 23.2 Å². The van der Waals surface area contributed by atoms with E-state index in [0.717, 1.165) is 10.4 Å². The van der Waals surface area contributed by atoms with Gasteiger partial charge >= 0.3 is 5.97 Å². The summed E-state index contributed by atoms with van der Waals surface area (Å²) in [6.07, 6.45) is 1.42. The molecular formula is C22H24Cl2N2O5S. The van der Waals surface area contributed by atoms with E-state index in [1.54, 1.807) is 45.0 Å². The van der Waals surface area contributed by atoms with Crippen LogP contribution in [0.3, 0.4) is 0 Å². The Bertz CT molecular complexity index is 1110. The van der Waals surface area contributed by atoms with Crippen molar-refractivity contribution in [2.24, 2.45) is 0 Å². The van der Waals surface area contributed by atoms with Gasteiger partial charge in [0.1, 0.15) is 4.90 Å². The van der Waals surface area contributed by atoms with E-state index in [9.17, 15) is 18.0 Å². The van der Waals surface area contributed by atoms with Crippen molar-refractivity contribution in [3.05, 3.63) is 70.7 Å². The molecule has 0 atom stereocenters. The molecule has 10 heteroatoms. The normalized spacial score (nSPS) is 11.5. The van der Waals surface area contributed by atoms with Crippen LogP contribution in [0.25, 0.3) is 0 Å². The van der Waals surface area contributed by atoms with Gasteiger partial charge < -0.3 is 10.1 Å². The lowest BCUT2D eigenvalue weighted by Crippen LogP contribution is -2.42. The first-order valence-corrected chi connectivity index (χ1v) is 11.7. The van der Waals surface area contributed by atoms with Gasteiger partial charge in [0, 0.05) is 10.6 Å². The molecule has 0 fully saturated rings. The van der Waals surface area contributed by atoms with Crippen molar-refractivity contribution in [1.82, 2.24) is 5.32 Å². The van der Waals surface area contributed by atoms with Gasteiger partial charge in [-0.05, 0) is 63.2 Å². The van der Waals surface area contributed by atoms with E-state index in [0.29, 0.717) is 10.7 Å². The molecule has 1 N–H and O–H groups in total. The molecule has 1 amide bonds. The van der Waals surface area contributed by atoms with Crippen LogP contribution in [0.15, 0.2) is 60.0 Å². The molecule has 2 aromatic rings. The quantitative estimate of drug-likeness (QED) is 0.428. The number of esters is 1. The van der Waals surface area contributed by atoms with Gasteiger partial charge in [0.15, 0.2) is 6.61 Å². The van der Waals surface area contributed by atoms with E-state index in [4.69, 9.17) is 27.9 Å². The van der Waals surface area contributed by atoms with Crippen molar-refractivity contribution >= 4 is 50.8 Å². The van der Waals surface area contributed by atoms with Crippen LogP contribution in [-0.4, -0.2) is 39.0 Å². The summed E-state index contributed by atoms with van der Waals surface area (Å²) in [5.74, 6) is -1.34. The van der Waals surface area contributed by atoms with Gasteiger partial charge in [0.2, 0.25) is 0 Å². The number of nitrogens with zero attached hydrogens (tertiary/aromatic N) is 1. The molecule has 0 bridgehead atoms. The minimum Gasteiger partial charge on any atom is -0.452 e. The molecule has 0 aliphatic rings. The molecule has 32 heavy (non-hydrogen) atoms. The maximum atomic E-state index is 13.4. The topological polar surface area (TPSA) is 92.8 Å². The van der Waals surface area contributed by atoms with E-state index in [1.807, 2.05) is 0 Å². The second-order valence-corrected chi connectivity index (χ2v) is 10.5. The fourth-order valence-electron chi connectivity index (χ4n) is 2.68. The SMILES string of the molecule is C=CCN(c1ccc(Cl)cc1)S(=O)(=O)c1cc(C(=O)OCC(=O)NC(C)(C)C)ccc1Cl. The number of rotatable bonds is 8. The van der Waals surface area contributed by atoms with Crippen molar-refractivity contribution in [3.63, 3.8) is 0 Å². The Hall–Kier alpha value is -2.55. The second-order valence-electron chi connectivity index (χ2n) is 7.82. The number of carbonyl (C=O) groups excluding carboxylic acids is 2. The maximum absolute atomic E-state index is 13.4. The van der Waals surface area contributed by atoms with Crippen LogP contribution in [0, 0.1) is 0 Å². The zero-order valence-electron chi connectivity index (χ0n) is 17.9. The second kappa shape index (κ2) is 10.4. The zero-order chi connectivity index (χ0) is 24.1. The zero-order valence-corrected chi connectivity index (χ0v) is 20.2. The average molecular weight is 499 g/mol. The standard InChI is InChI=1S/C22H24Cl2N2O5S/c1-5-12-26(17-9-7-16(23)8-10-17)32(29,30)19-13-15(6-11-18(19)24)21(28)31-14-20(27)25-22(2,3)4/h5-11,13H,1,12,14H2,2-4H3,(H,25,27). The minimum absolute atomic E-state index is 0.0397. The Morgan fingerprint density at radius 2 is 1.75 bits per heavy atom. The molecule has 2 aromatic carbocycles. The highest BCUT2D eigenvalue weighted by Crippen LogP contribution is 2.30. The molecule has 0 aliphatic heterocycles. The number of nitrogens with one attached hydrogen (secondary N) is 1. The number of benzene rings is 2. The number of halogens is 2. The minimum atomic E-state index is -4.17. The Labute approximate surface area is 198 Å². The molecule has 0 radical (unpaired) electrons. The molecule has 172 valence electrons. The number of hydrogen-bond donors (Lipinski definition) is 1. The Morgan fingerprint density at radius 3 is 2.31 bits per heavy atom. The van der Waals surface area contributed by atoms with Crippen molar-refractivity contribution < 1.29 is 22.7 Å². The van der Waals surface area contributed by atoms with Crippen molar-refractivity contribution in [2.45, 2.75) is 31.2 Å². The van der Waals surface area contributed by atoms with E-state index in [-0.39, 0.29) is 22.0 Å². The largest absolute Gasteiger partial charge is 0.452 e. The average Bonchev–Trinajstić information content (AvgIpc) is 2.70. The molecule has 0 heterocycles. The third-order valence-corrected chi connectivity index (χ3v) is 6.52. The molecule has 0 unspecified atom stereocenters. The first-order valence-electron chi connectivity index (χ1n) is 9.52. The maximum Gasteiger partial charge on any atom is 0.338 e. The summed E-state index contributed by atoms with van der Waals surface area (Å²) in [5, 5.41) is 3.04. The van der Waals surface area contributed by atoms with Crippen molar-refractivity contribution in [3.8, 4) is 0 Å². The van der Waals surface area contributed by atoms with Crippen LogP contribution in [-0.2, 0) is 19.6 Å². The number of ether oxygens (including phenoxy) is 1. The summed E-state index contributed by atoms with van der Waals surface area (Å²) >= 11 is 12.1. The number of anilines is 1. The Morgan fingerprint density at radius 1 is 1.12 bits per heavy atom. The highest BCUT2D eigenvalue weighted by atomic mass is 35.5. The summed E-state index contributed by atoms with van der Waals surface area (Å²) in [5.41, 5.74) is -0.204. The van der Waals surface area contributed by atoms with E-state index in [2.05, 4.69) is 11.9 Å². The van der Waals surface area contributed by atoms with Gasteiger partial charge in [-0.2, -0.15) is 0 Å². The molecule has 0 saturated heterocycles. The summed E-state index contributed by atoms with van der Waals surface area (Å²) in [6.45, 7) is 8.43. The molecular weight excluding hydrogens is 475 g/mol. The van der Waals surface area contributed by atoms with E-state index < -0.39 is 34.0 Å². The van der Waals surface area contributed by atoms with Gasteiger partial charge in [-0.15, -0.1) is 6.58 Å². The predicted octanol–water partition coefficient (Wildman–Crippen LogP) is 4.45. The van der Waals surface area contributed by atoms with Gasteiger partial charge in [-0.1, -0.05) is 29.3 Å². The van der Waals surface area contributed by atoms with Crippen LogP contribution in [0.2, 0.25) is 10.0 Å². The molecule has 0 saturated carbocycles. The molecule has 0 aromatic heterocycles. The summed E-state index contributed by atoms with van der Waals surface area (Å²) in [6, 6.07) is 9.93. The summed E-state index contributed by atoms with van der Waals surface area (Å²) in [7, 11) is -4.17. The number of carbonyl (C=O) groups is 2. The summed E-state index contributed by atoms with van der Waals surface area (Å²) < 4.78 is 32.8. The van der Waals surface area contributed by atoms with Crippen molar-refractivity contribution in [1.29, 1.82) is 0 Å². The first kappa shape index (κ1) is 25.7. The number of hydrogen-bond acceptors (Lipinski definition) is 5. The number of sulfonamides is 1. The van der Waals surface area contributed by atoms with Crippen molar-refractivity contribution in [2.75, 3.05) is 17.5 Å². The van der Waals surface area contributed by atoms with E-state index in [1.165, 1.54) is 18.2 Å². The Kier molecular flexibility index (Phi) is 8.34. The third-order valence-electron chi connectivity index (χ3n) is 3.99. The molecule has 7 nitrogen and oxygen atoms in total. The smallest absolute Gasteiger partial charge is 0.338 e. The van der Waals surface area contributed by atoms with Crippen LogP contribution in [0.1, 0.15) is 31.1 Å². The monoisotopic (exact) mass is 498 g/mol. The highest BCUT2D eigenvalue weighted by molar-refractivity contribution is 7.93. The van der Waals surface area contributed by atoms with Gasteiger partial charge in [0.05, 0.1) is 22.8 Å². The van der Waals surface area contributed by atoms with Gasteiger partial charge in [0.25, 0.3) is 15.9 Å². The lowest BCUT2D eigenvalue weighted by atomic mass is 10.1. The molecule has 0 spiro atoms. The molecule has 2 rings (SSSR count). The van der Waals surface area contributed by atoms with E-state index >= 15 is 0 Å². The lowest BCUT2D eigenvalue weighted by molar-refractivity contribution is -0.125. The van der Waals surface area contributed by atoms with Gasteiger partial charge in [-0.3, -0.25) is 9.10 Å². The predicted molar refractivity (Wildman–Crippen MR) is 126 cm³/mol. The van der Waals surface area contributed by atoms with Crippen LogP contribution < -0.4 is 9.62 Å². The highest BCUT2D eigenvalue weighted by Gasteiger charge is 2.28. The van der Waals surface area contributed by atoms with Crippen LogP contribution in [0.5, 0.6) is 0 Å². The third kappa shape index (κ3) is 6.72. The fourth-order valence-corrected chi connectivity index (χ4v) is 4.75. The Balaban J connectivity index is 2.33. The fraction of sp³-hybridized carbons (Fsp3) is 0.273. The van der Waals surface area contributed by atoms with Gasteiger partial charge in [-0.25, -0.2) is 13.2 Å². The lowest BCUT2D eigenvalue weighted by Gasteiger charge is -2.24. The summed E-state index contributed by atoms with van der Waals surface area (Å²) in [4.78, 5) is 24.0. The number of amides is 1.